The fourth-order valence-corrected chi connectivity index (χ4v) is 2.59. The number of anilines is 1. The summed E-state index contributed by atoms with van der Waals surface area (Å²) in [6.07, 6.45) is 1.56. The average molecular weight is 273 g/mol. The number of aldehydes is 1. The van der Waals surface area contributed by atoms with Crippen LogP contribution in [0.1, 0.15) is 15.9 Å². The standard InChI is InChI=1S/C15H15NO2S/c17-12-14-6-8-15(9-7-14)16-19(18)11-10-13-4-2-1-3-5-13/h1-9,12,16H,10-11H2. The maximum atomic E-state index is 11.9. The van der Waals surface area contributed by atoms with E-state index in [4.69, 9.17) is 0 Å². The molecule has 0 spiro atoms. The van der Waals surface area contributed by atoms with Crippen molar-refractivity contribution in [3.8, 4) is 0 Å². The molecule has 1 N–H and O–H groups in total. The van der Waals surface area contributed by atoms with E-state index in [2.05, 4.69) is 4.72 Å². The third-order valence-corrected chi connectivity index (χ3v) is 3.74. The third-order valence-electron chi connectivity index (χ3n) is 2.70. The quantitative estimate of drug-likeness (QED) is 0.823. The molecule has 0 saturated carbocycles. The predicted molar refractivity (Wildman–Crippen MR) is 78.6 cm³/mol. The van der Waals surface area contributed by atoms with Gasteiger partial charge in [-0.25, -0.2) is 4.21 Å². The molecule has 0 aliphatic rings. The molecule has 0 aliphatic carbocycles. The van der Waals surface area contributed by atoms with E-state index in [1.165, 1.54) is 5.56 Å². The molecule has 1 unspecified atom stereocenters. The molecule has 0 heterocycles. The number of rotatable bonds is 6. The van der Waals surface area contributed by atoms with Crippen molar-refractivity contribution in [3.05, 3.63) is 65.7 Å². The lowest BCUT2D eigenvalue weighted by Gasteiger charge is -2.06. The van der Waals surface area contributed by atoms with Crippen LogP contribution in [-0.2, 0) is 17.4 Å². The Labute approximate surface area is 115 Å². The Morgan fingerprint density at radius 2 is 1.68 bits per heavy atom. The van der Waals surface area contributed by atoms with Gasteiger partial charge in [0.2, 0.25) is 0 Å². The molecule has 3 nitrogen and oxygen atoms in total. The molecule has 1 atom stereocenters. The summed E-state index contributed by atoms with van der Waals surface area (Å²) in [5, 5.41) is 0. The van der Waals surface area contributed by atoms with Crippen LogP contribution in [0.15, 0.2) is 54.6 Å². The summed E-state index contributed by atoms with van der Waals surface area (Å²) in [5.74, 6) is 0.555. The molecule has 2 aromatic rings. The number of carbonyl (C=O) groups is 1. The highest BCUT2D eigenvalue weighted by Crippen LogP contribution is 2.09. The van der Waals surface area contributed by atoms with Gasteiger partial charge in [-0.05, 0) is 36.2 Å². The smallest absolute Gasteiger partial charge is 0.150 e. The van der Waals surface area contributed by atoms with Crippen LogP contribution in [0.2, 0.25) is 0 Å². The SMILES string of the molecule is O=Cc1ccc(NS(=O)CCc2ccccc2)cc1. The van der Waals surface area contributed by atoms with Crippen molar-refractivity contribution in [2.45, 2.75) is 6.42 Å². The Morgan fingerprint density at radius 3 is 2.32 bits per heavy atom. The van der Waals surface area contributed by atoms with Gasteiger partial charge >= 0.3 is 0 Å². The molecule has 4 heteroatoms. The van der Waals surface area contributed by atoms with Crippen molar-refractivity contribution in [1.82, 2.24) is 0 Å². The van der Waals surface area contributed by atoms with Crippen molar-refractivity contribution in [1.29, 1.82) is 0 Å². The molecule has 98 valence electrons. The summed E-state index contributed by atoms with van der Waals surface area (Å²) in [7, 11) is -1.12. The van der Waals surface area contributed by atoms with Gasteiger partial charge < -0.3 is 4.72 Å². The van der Waals surface area contributed by atoms with Crippen LogP contribution in [-0.4, -0.2) is 16.2 Å². The van der Waals surface area contributed by atoms with Gasteiger partial charge in [-0.3, -0.25) is 4.79 Å². The van der Waals surface area contributed by atoms with Crippen molar-refractivity contribution < 1.29 is 9.00 Å². The molecule has 0 bridgehead atoms. The van der Waals surface area contributed by atoms with E-state index < -0.39 is 11.0 Å². The van der Waals surface area contributed by atoms with Gasteiger partial charge in [0, 0.05) is 17.0 Å². The molecule has 2 aromatic carbocycles. The van der Waals surface area contributed by atoms with E-state index in [-0.39, 0.29) is 0 Å². The van der Waals surface area contributed by atoms with Crippen LogP contribution < -0.4 is 4.72 Å². The van der Waals surface area contributed by atoms with Crippen molar-refractivity contribution >= 4 is 23.0 Å². The van der Waals surface area contributed by atoms with Gasteiger partial charge in [0.15, 0.2) is 0 Å². The van der Waals surface area contributed by atoms with Crippen LogP contribution in [0, 0.1) is 0 Å². The van der Waals surface area contributed by atoms with Crippen molar-refractivity contribution in [3.63, 3.8) is 0 Å². The minimum atomic E-state index is -1.12. The second kappa shape index (κ2) is 6.85. The first-order valence-electron chi connectivity index (χ1n) is 6.02. The van der Waals surface area contributed by atoms with E-state index >= 15 is 0 Å². The topological polar surface area (TPSA) is 46.2 Å². The fraction of sp³-hybridized carbons (Fsp3) is 0.133. The number of hydrogen-bond donors (Lipinski definition) is 1. The molecule has 0 saturated heterocycles. The number of carbonyl (C=O) groups excluding carboxylic acids is 1. The first-order valence-corrected chi connectivity index (χ1v) is 7.34. The van der Waals surface area contributed by atoms with Gasteiger partial charge in [-0.15, -0.1) is 0 Å². The Kier molecular flexibility index (Phi) is 4.86. The monoisotopic (exact) mass is 273 g/mol. The third kappa shape index (κ3) is 4.34. The molecule has 0 radical (unpaired) electrons. The van der Waals surface area contributed by atoms with E-state index in [9.17, 15) is 9.00 Å². The normalized spacial score (nSPS) is 11.8. The van der Waals surface area contributed by atoms with Gasteiger partial charge in [0.25, 0.3) is 0 Å². The highest BCUT2D eigenvalue weighted by atomic mass is 32.2. The van der Waals surface area contributed by atoms with E-state index in [1.54, 1.807) is 24.3 Å². The summed E-state index contributed by atoms with van der Waals surface area (Å²) in [6, 6.07) is 16.9. The lowest BCUT2D eigenvalue weighted by molar-refractivity contribution is 0.112. The Morgan fingerprint density at radius 1 is 1.00 bits per heavy atom. The molecule has 0 amide bonds. The summed E-state index contributed by atoms with van der Waals surface area (Å²) in [5.41, 5.74) is 2.55. The minimum Gasteiger partial charge on any atom is -0.305 e. The predicted octanol–water partition coefficient (Wildman–Crippen LogP) is 2.82. The van der Waals surface area contributed by atoms with Gasteiger partial charge in [-0.2, -0.15) is 0 Å². The lowest BCUT2D eigenvalue weighted by Crippen LogP contribution is -2.10. The van der Waals surface area contributed by atoms with Gasteiger partial charge in [0.1, 0.15) is 17.3 Å². The number of hydrogen-bond acceptors (Lipinski definition) is 2. The molecular formula is C15H15NO2S. The number of nitrogens with one attached hydrogen (secondary N) is 1. The summed E-state index contributed by atoms with van der Waals surface area (Å²) in [6.45, 7) is 0. The minimum absolute atomic E-state index is 0.555. The van der Waals surface area contributed by atoms with Gasteiger partial charge in [0.05, 0.1) is 0 Å². The van der Waals surface area contributed by atoms with E-state index in [0.717, 1.165) is 18.4 Å². The average Bonchev–Trinajstić information content (AvgIpc) is 2.47. The van der Waals surface area contributed by atoms with Crippen LogP contribution in [0.3, 0.4) is 0 Å². The Hall–Kier alpha value is -1.94. The zero-order chi connectivity index (χ0) is 13.5. The maximum Gasteiger partial charge on any atom is 0.150 e. The molecule has 2 rings (SSSR count). The maximum absolute atomic E-state index is 11.9. The first-order chi connectivity index (χ1) is 9.28. The molecule has 0 aromatic heterocycles. The lowest BCUT2D eigenvalue weighted by atomic mass is 10.2. The zero-order valence-corrected chi connectivity index (χ0v) is 11.2. The highest BCUT2D eigenvalue weighted by Gasteiger charge is 2.01. The largest absolute Gasteiger partial charge is 0.305 e. The molecule has 0 aliphatic heterocycles. The van der Waals surface area contributed by atoms with Crippen LogP contribution >= 0.6 is 0 Å². The summed E-state index contributed by atoms with van der Waals surface area (Å²) >= 11 is 0. The Balaban J connectivity index is 1.85. The molecule has 0 fully saturated rings. The van der Waals surface area contributed by atoms with Crippen molar-refractivity contribution in [2.24, 2.45) is 0 Å². The number of aryl methyl sites for hydroxylation is 1. The van der Waals surface area contributed by atoms with Crippen molar-refractivity contribution in [2.75, 3.05) is 10.5 Å². The van der Waals surface area contributed by atoms with Gasteiger partial charge in [-0.1, -0.05) is 30.3 Å². The molecular weight excluding hydrogens is 258 g/mol. The van der Waals surface area contributed by atoms with Crippen LogP contribution in [0.25, 0.3) is 0 Å². The molecule has 19 heavy (non-hydrogen) atoms. The zero-order valence-electron chi connectivity index (χ0n) is 10.4. The van der Waals surface area contributed by atoms with E-state index in [1.807, 2.05) is 30.3 Å². The highest BCUT2D eigenvalue weighted by molar-refractivity contribution is 7.86. The second-order valence-corrected chi connectivity index (χ2v) is 5.43. The van der Waals surface area contributed by atoms with Crippen LogP contribution in [0.5, 0.6) is 0 Å². The van der Waals surface area contributed by atoms with Crippen LogP contribution in [0.4, 0.5) is 5.69 Å². The fourth-order valence-electron chi connectivity index (χ4n) is 1.67. The number of benzene rings is 2. The summed E-state index contributed by atoms with van der Waals surface area (Å²) < 4.78 is 14.8. The van der Waals surface area contributed by atoms with E-state index in [0.29, 0.717) is 11.3 Å². The first kappa shape index (κ1) is 13.5. The summed E-state index contributed by atoms with van der Waals surface area (Å²) in [4.78, 5) is 10.5. The second-order valence-electron chi connectivity index (χ2n) is 4.13. The Bertz CT molecular complexity index is 552.